The lowest BCUT2D eigenvalue weighted by molar-refractivity contribution is -0.130. The van der Waals surface area contributed by atoms with Crippen molar-refractivity contribution in [1.82, 2.24) is 20.0 Å². The van der Waals surface area contributed by atoms with Crippen molar-refractivity contribution in [3.8, 4) is 0 Å². The lowest BCUT2D eigenvalue weighted by atomic mass is 9.97. The van der Waals surface area contributed by atoms with Crippen LogP contribution in [0, 0.1) is 5.92 Å². The Morgan fingerprint density at radius 3 is 2.81 bits per heavy atom. The van der Waals surface area contributed by atoms with E-state index in [1.165, 1.54) is 0 Å². The third kappa shape index (κ3) is 5.03. The number of piperidine rings is 1. The van der Waals surface area contributed by atoms with Crippen LogP contribution < -0.4 is 0 Å². The second-order valence-corrected chi connectivity index (χ2v) is 10.2. The van der Waals surface area contributed by atoms with Crippen LogP contribution in [0.25, 0.3) is 0 Å². The van der Waals surface area contributed by atoms with Gasteiger partial charge in [0, 0.05) is 32.1 Å². The first-order valence-electron chi connectivity index (χ1n) is 11.9. The lowest BCUT2D eigenvalue weighted by Gasteiger charge is -2.28. The molecule has 3 aliphatic rings. The van der Waals surface area contributed by atoms with Crippen LogP contribution in [0.5, 0.6) is 0 Å². The van der Waals surface area contributed by atoms with E-state index in [0.29, 0.717) is 32.2 Å². The van der Waals surface area contributed by atoms with Crippen molar-refractivity contribution in [2.75, 3.05) is 26.2 Å². The van der Waals surface area contributed by atoms with Gasteiger partial charge in [0.05, 0.1) is 18.7 Å². The molecule has 2 bridgehead atoms. The number of hydrogen-bond acceptors (Lipinski definition) is 6. The zero-order valence-corrected chi connectivity index (χ0v) is 19.7. The molecule has 3 atom stereocenters. The van der Waals surface area contributed by atoms with Crippen molar-refractivity contribution >= 4 is 12.1 Å². The van der Waals surface area contributed by atoms with Crippen molar-refractivity contribution in [3.05, 3.63) is 17.5 Å². The van der Waals surface area contributed by atoms with E-state index < -0.39 is 5.60 Å². The number of hydroxylamine groups is 2. The van der Waals surface area contributed by atoms with Crippen LogP contribution in [-0.2, 0) is 16.0 Å². The number of rotatable bonds is 7. The standard InChI is InChI=1S/C23H36N4O5/c1-5-6-11-30-27-17-7-8-20(26(15-17)21(27)28)19-13-18(32-24-19)12-16-9-10-25(14-16)22(29)31-23(2,3)4/h13,16-17,20H,5-12,14-15H2,1-4H3/t16?,17-,20-/m0/s1. The van der Waals surface area contributed by atoms with Crippen LogP contribution in [0.15, 0.2) is 10.6 Å². The average Bonchev–Trinajstić information content (AvgIpc) is 3.44. The summed E-state index contributed by atoms with van der Waals surface area (Å²) in [6, 6.07) is 1.97. The zero-order chi connectivity index (χ0) is 22.9. The molecular formula is C23H36N4O5. The van der Waals surface area contributed by atoms with Crippen molar-refractivity contribution in [3.63, 3.8) is 0 Å². The molecule has 3 fully saturated rings. The van der Waals surface area contributed by atoms with E-state index in [-0.39, 0.29) is 24.2 Å². The number of unbranched alkanes of at least 4 members (excludes halogenated alkanes) is 1. The average molecular weight is 449 g/mol. The Morgan fingerprint density at radius 1 is 1.25 bits per heavy atom. The van der Waals surface area contributed by atoms with Gasteiger partial charge in [-0.1, -0.05) is 18.5 Å². The highest BCUT2D eigenvalue weighted by Gasteiger charge is 2.47. The fourth-order valence-electron chi connectivity index (χ4n) is 4.77. The van der Waals surface area contributed by atoms with Crippen LogP contribution in [0.3, 0.4) is 0 Å². The van der Waals surface area contributed by atoms with Crippen molar-refractivity contribution < 1.29 is 23.7 Å². The molecule has 0 saturated carbocycles. The van der Waals surface area contributed by atoms with Gasteiger partial charge in [-0.25, -0.2) is 9.59 Å². The van der Waals surface area contributed by atoms with Gasteiger partial charge in [-0.3, -0.25) is 4.84 Å². The van der Waals surface area contributed by atoms with Crippen molar-refractivity contribution in [2.45, 2.75) is 83.9 Å². The molecule has 4 rings (SSSR count). The number of fused-ring (bicyclic) bond motifs is 2. The predicted octanol–water partition coefficient (Wildman–Crippen LogP) is 4.15. The topological polar surface area (TPSA) is 88.4 Å². The summed E-state index contributed by atoms with van der Waals surface area (Å²) in [4.78, 5) is 34.6. The first-order chi connectivity index (χ1) is 15.2. The van der Waals surface area contributed by atoms with E-state index in [2.05, 4.69) is 12.1 Å². The van der Waals surface area contributed by atoms with Gasteiger partial charge in [-0.2, -0.15) is 5.06 Å². The van der Waals surface area contributed by atoms with Crippen LogP contribution in [0.4, 0.5) is 9.59 Å². The Balaban J connectivity index is 1.32. The molecule has 3 amide bonds. The van der Waals surface area contributed by atoms with Crippen molar-refractivity contribution in [2.24, 2.45) is 5.92 Å². The molecule has 0 radical (unpaired) electrons. The van der Waals surface area contributed by atoms with E-state index in [1.54, 1.807) is 9.96 Å². The van der Waals surface area contributed by atoms with Gasteiger partial charge in [0.1, 0.15) is 17.1 Å². The number of carbonyl (C=O) groups is 2. The minimum atomic E-state index is -0.488. The van der Waals surface area contributed by atoms with E-state index in [0.717, 1.165) is 50.0 Å². The molecule has 9 heteroatoms. The largest absolute Gasteiger partial charge is 0.444 e. The van der Waals surface area contributed by atoms with Crippen molar-refractivity contribution in [1.29, 1.82) is 0 Å². The minimum Gasteiger partial charge on any atom is -0.444 e. The summed E-state index contributed by atoms with van der Waals surface area (Å²) in [5, 5.41) is 5.87. The second-order valence-electron chi connectivity index (χ2n) is 10.2. The molecule has 1 aromatic rings. The Bertz CT molecular complexity index is 820. The zero-order valence-electron chi connectivity index (χ0n) is 19.7. The van der Waals surface area contributed by atoms with Gasteiger partial charge < -0.3 is 19.1 Å². The van der Waals surface area contributed by atoms with Gasteiger partial charge in [-0.15, -0.1) is 0 Å². The highest BCUT2D eigenvalue weighted by Crippen LogP contribution is 2.38. The van der Waals surface area contributed by atoms with E-state index >= 15 is 0 Å². The molecule has 3 aliphatic heterocycles. The summed E-state index contributed by atoms with van der Waals surface area (Å²) in [7, 11) is 0. The predicted molar refractivity (Wildman–Crippen MR) is 117 cm³/mol. The Kier molecular flexibility index (Phi) is 6.65. The number of likely N-dealkylation sites (tertiary alicyclic amines) is 1. The van der Waals surface area contributed by atoms with Crippen LogP contribution in [-0.4, -0.2) is 70.0 Å². The summed E-state index contributed by atoms with van der Waals surface area (Å²) in [5.41, 5.74) is 0.321. The van der Waals surface area contributed by atoms with Gasteiger partial charge in [0.25, 0.3) is 0 Å². The van der Waals surface area contributed by atoms with Crippen LogP contribution >= 0.6 is 0 Å². The summed E-state index contributed by atoms with van der Waals surface area (Å²) in [6.45, 7) is 10.3. The smallest absolute Gasteiger partial charge is 0.410 e. The maximum Gasteiger partial charge on any atom is 0.410 e. The first-order valence-corrected chi connectivity index (χ1v) is 11.9. The van der Waals surface area contributed by atoms with E-state index in [4.69, 9.17) is 14.1 Å². The Hall–Kier alpha value is -2.29. The highest BCUT2D eigenvalue weighted by atomic mass is 16.7. The summed E-state index contributed by atoms with van der Waals surface area (Å²) in [6.07, 6.45) is 5.11. The minimum absolute atomic E-state index is 0.0676. The number of urea groups is 1. The van der Waals surface area contributed by atoms with Crippen LogP contribution in [0.1, 0.15) is 77.3 Å². The van der Waals surface area contributed by atoms with Gasteiger partial charge in [0.15, 0.2) is 0 Å². The molecule has 0 aliphatic carbocycles. The van der Waals surface area contributed by atoms with Crippen LogP contribution in [0.2, 0.25) is 0 Å². The fourth-order valence-corrected chi connectivity index (χ4v) is 4.77. The molecule has 0 N–H and O–H groups in total. The molecule has 32 heavy (non-hydrogen) atoms. The number of amides is 3. The molecule has 4 heterocycles. The number of aromatic nitrogens is 1. The molecule has 1 aromatic heterocycles. The second kappa shape index (κ2) is 9.29. The molecule has 0 spiro atoms. The van der Waals surface area contributed by atoms with E-state index in [9.17, 15) is 9.59 Å². The monoisotopic (exact) mass is 448 g/mol. The number of carbonyl (C=O) groups excluding carboxylic acids is 2. The fraction of sp³-hybridized carbons (Fsp3) is 0.783. The first kappa shape index (κ1) is 22.9. The molecule has 9 nitrogen and oxygen atoms in total. The summed E-state index contributed by atoms with van der Waals surface area (Å²) < 4.78 is 11.1. The number of nitrogens with zero attached hydrogens (tertiary/aromatic N) is 4. The SMILES string of the molecule is CCCCON1C(=O)N2C[C@@H]1CC[C@H]2c1cc(CC2CCN(C(=O)OC(C)(C)C)C2)on1. The number of hydrogen-bond donors (Lipinski definition) is 0. The van der Waals surface area contributed by atoms with Gasteiger partial charge in [-0.05, 0) is 52.4 Å². The maximum absolute atomic E-state index is 12.9. The van der Waals surface area contributed by atoms with Gasteiger partial charge in [0.2, 0.25) is 0 Å². The van der Waals surface area contributed by atoms with E-state index in [1.807, 2.05) is 31.7 Å². The molecule has 178 valence electrons. The lowest BCUT2D eigenvalue weighted by Crippen LogP contribution is -2.35. The maximum atomic E-state index is 12.9. The third-order valence-corrected chi connectivity index (χ3v) is 6.40. The summed E-state index contributed by atoms with van der Waals surface area (Å²) >= 11 is 0. The Labute approximate surface area is 189 Å². The highest BCUT2D eigenvalue weighted by molar-refractivity contribution is 5.77. The molecular weight excluding hydrogens is 412 g/mol. The Morgan fingerprint density at radius 2 is 2.06 bits per heavy atom. The normalized spacial score (nSPS) is 25.7. The summed E-state index contributed by atoms with van der Waals surface area (Å²) in [5.74, 6) is 1.12. The quantitative estimate of drug-likeness (QED) is 0.583. The molecule has 1 unspecified atom stereocenters. The number of ether oxygens (including phenoxy) is 1. The van der Waals surface area contributed by atoms with Gasteiger partial charge >= 0.3 is 12.1 Å². The third-order valence-electron chi connectivity index (χ3n) is 6.40. The molecule has 3 saturated heterocycles. The molecule has 0 aromatic carbocycles.